The van der Waals surface area contributed by atoms with Crippen molar-refractivity contribution >= 4 is 5.88 Å². The molecule has 2 rings (SSSR count). The number of rotatable bonds is 4. The second-order valence-corrected chi connectivity index (χ2v) is 4.09. The lowest BCUT2D eigenvalue weighted by atomic mass is 10.1. The van der Waals surface area contributed by atoms with E-state index in [0.717, 1.165) is 5.56 Å². The minimum atomic E-state index is 0.318. The van der Waals surface area contributed by atoms with E-state index in [4.69, 9.17) is 9.68 Å². The molecule has 1 aromatic carbocycles. The normalized spacial score (nSPS) is 10.1. The van der Waals surface area contributed by atoms with E-state index in [-0.39, 0.29) is 0 Å². The summed E-state index contributed by atoms with van der Waals surface area (Å²) in [6.07, 6.45) is 0.681. The summed E-state index contributed by atoms with van der Waals surface area (Å²) in [5, 5.41) is 12.1. The number of aromatic nitrogens is 1. The van der Waals surface area contributed by atoms with Crippen molar-refractivity contribution in [2.45, 2.75) is 26.8 Å². The summed E-state index contributed by atoms with van der Waals surface area (Å²) in [7, 11) is 0. The number of aryl methyl sites for hydroxylation is 2. The lowest BCUT2D eigenvalue weighted by molar-refractivity contribution is 0.512. The lowest BCUT2D eigenvalue weighted by Crippen LogP contribution is -1.99. The van der Waals surface area contributed by atoms with Gasteiger partial charge in [-0.1, -0.05) is 36.8 Å². The molecule has 4 heteroatoms. The van der Waals surface area contributed by atoms with Crippen LogP contribution < -0.4 is 5.32 Å². The largest absolute Gasteiger partial charge is 0.424 e. The molecule has 0 amide bonds. The van der Waals surface area contributed by atoms with Crippen molar-refractivity contribution in [2.24, 2.45) is 0 Å². The summed E-state index contributed by atoms with van der Waals surface area (Å²) in [5.74, 6) is 1.04. The van der Waals surface area contributed by atoms with Gasteiger partial charge in [0.2, 0.25) is 11.6 Å². The van der Waals surface area contributed by atoms with Crippen molar-refractivity contribution in [2.75, 3.05) is 5.32 Å². The van der Waals surface area contributed by atoms with Crippen LogP contribution in [0.25, 0.3) is 0 Å². The Morgan fingerprint density at radius 1 is 1.33 bits per heavy atom. The molecule has 2 aromatic rings. The third-order valence-corrected chi connectivity index (χ3v) is 2.65. The highest BCUT2D eigenvalue weighted by atomic mass is 16.4. The minimum absolute atomic E-state index is 0.318. The molecule has 1 N–H and O–H groups in total. The van der Waals surface area contributed by atoms with E-state index in [1.165, 1.54) is 5.56 Å². The Hall–Kier alpha value is -2.28. The second-order valence-electron chi connectivity index (χ2n) is 4.09. The van der Waals surface area contributed by atoms with Gasteiger partial charge in [0.1, 0.15) is 6.07 Å². The van der Waals surface area contributed by atoms with Gasteiger partial charge >= 0.3 is 0 Å². The third-order valence-electron chi connectivity index (χ3n) is 2.65. The second kappa shape index (κ2) is 5.37. The number of benzene rings is 1. The van der Waals surface area contributed by atoms with Crippen LogP contribution >= 0.6 is 0 Å². The molecular weight excluding hydrogens is 226 g/mol. The van der Waals surface area contributed by atoms with E-state index < -0.39 is 0 Å². The summed E-state index contributed by atoms with van der Waals surface area (Å²) in [6.45, 7) is 4.61. The SMILES string of the molecule is CCc1nc(C#N)c(NCc2ccc(C)cc2)o1. The van der Waals surface area contributed by atoms with Crippen LogP contribution in [0.5, 0.6) is 0 Å². The van der Waals surface area contributed by atoms with Gasteiger partial charge in [-0.3, -0.25) is 0 Å². The molecule has 0 saturated heterocycles. The highest BCUT2D eigenvalue weighted by molar-refractivity contribution is 5.45. The molecule has 4 nitrogen and oxygen atoms in total. The van der Waals surface area contributed by atoms with Gasteiger partial charge in [-0.05, 0) is 12.5 Å². The number of nitrogens with zero attached hydrogens (tertiary/aromatic N) is 2. The quantitative estimate of drug-likeness (QED) is 0.893. The van der Waals surface area contributed by atoms with Gasteiger partial charge in [-0.25, -0.2) is 4.98 Å². The number of anilines is 1. The number of hydrogen-bond acceptors (Lipinski definition) is 4. The number of hydrogen-bond donors (Lipinski definition) is 1. The van der Waals surface area contributed by atoms with E-state index in [0.29, 0.717) is 30.4 Å². The molecular formula is C14H15N3O. The molecule has 0 aliphatic carbocycles. The first-order valence-electron chi connectivity index (χ1n) is 5.92. The molecule has 1 aromatic heterocycles. The Morgan fingerprint density at radius 3 is 2.67 bits per heavy atom. The average Bonchev–Trinajstić information content (AvgIpc) is 2.80. The first-order chi connectivity index (χ1) is 8.72. The van der Waals surface area contributed by atoms with Crippen molar-refractivity contribution in [3.05, 3.63) is 47.0 Å². The maximum Gasteiger partial charge on any atom is 0.232 e. The molecule has 0 aliphatic heterocycles. The van der Waals surface area contributed by atoms with Crippen molar-refractivity contribution in [1.82, 2.24) is 4.98 Å². The fourth-order valence-corrected chi connectivity index (χ4v) is 1.60. The molecule has 0 atom stereocenters. The van der Waals surface area contributed by atoms with E-state index >= 15 is 0 Å². The lowest BCUT2D eigenvalue weighted by Gasteiger charge is -2.03. The first-order valence-corrected chi connectivity index (χ1v) is 5.92. The Morgan fingerprint density at radius 2 is 2.06 bits per heavy atom. The van der Waals surface area contributed by atoms with E-state index in [1.54, 1.807) is 0 Å². The van der Waals surface area contributed by atoms with Gasteiger partial charge < -0.3 is 9.73 Å². The van der Waals surface area contributed by atoms with E-state index in [9.17, 15) is 0 Å². The van der Waals surface area contributed by atoms with Crippen LogP contribution in [0.15, 0.2) is 28.7 Å². The van der Waals surface area contributed by atoms with E-state index in [2.05, 4.69) is 29.4 Å². The zero-order valence-corrected chi connectivity index (χ0v) is 10.5. The maximum atomic E-state index is 8.95. The summed E-state index contributed by atoms with van der Waals surface area (Å²) < 4.78 is 5.46. The van der Waals surface area contributed by atoms with Crippen LogP contribution in [-0.2, 0) is 13.0 Å². The number of nitrogens with one attached hydrogen (secondary N) is 1. The smallest absolute Gasteiger partial charge is 0.232 e. The van der Waals surface area contributed by atoms with Crippen LogP contribution in [0.2, 0.25) is 0 Å². The predicted molar refractivity (Wildman–Crippen MR) is 69.1 cm³/mol. The predicted octanol–water partition coefficient (Wildman–Crippen LogP) is 3.03. The Labute approximate surface area is 106 Å². The molecule has 0 aliphatic rings. The Bertz CT molecular complexity index is 564. The molecule has 0 fully saturated rings. The van der Waals surface area contributed by atoms with Crippen LogP contribution in [0.1, 0.15) is 29.6 Å². The third kappa shape index (κ3) is 2.69. The molecule has 0 radical (unpaired) electrons. The summed E-state index contributed by atoms with van der Waals surface area (Å²) in [5.41, 5.74) is 2.68. The summed E-state index contributed by atoms with van der Waals surface area (Å²) in [6, 6.07) is 10.2. The maximum absolute atomic E-state index is 8.95. The summed E-state index contributed by atoms with van der Waals surface area (Å²) >= 11 is 0. The standard InChI is InChI=1S/C14H15N3O/c1-3-13-17-12(8-15)14(18-13)16-9-11-6-4-10(2)5-7-11/h4-7,16H,3,9H2,1-2H3. The van der Waals surface area contributed by atoms with Gasteiger partial charge in [0.05, 0.1) is 0 Å². The van der Waals surface area contributed by atoms with E-state index in [1.807, 2.05) is 25.1 Å². The van der Waals surface area contributed by atoms with Crippen LogP contribution in [0, 0.1) is 18.3 Å². The monoisotopic (exact) mass is 241 g/mol. The van der Waals surface area contributed by atoms with Crippen molar-refractivity contribution in [3.63, 3.8) is 0 Å². The molecule has 1 heterocycles. The zero-order chi connectivity index (χ0) is 13.0. The Kier molecular flexibility index (Phi) is 3.63. The average molecular weight is 241 g/mol. The number of nitriles is 1. The van der Waals surface area contributed by atoms with Gasteiger partial charge in [-0.15, -0.1) is 0 Å². The summed E-state index contributed by atoms with van der Waals surface area (Å²) in [4.78, 5) is 4.08. The fraction of sp³-hybridized carbons (Fsp3) is 0.286. The topological polar surface area (TPSA) is 61.9 Å². The van der Waals surface area contributed by atoms with Gasteiger partial charge in [-0.2, -0.15) is 5.26 Å². The van der Waals surface area contributed by atoms with Crippen LogP contribution in [0.3, 0.4) is 0 Å². The highest BCUT2D eigenvalue weighted by Gasteiger charge is 2.11. The van der Waals surface area contributed by atoms with Crippen molar-refractivity contribution < 1.29 is 4.42 Å². The van der Waals surface area contributed by atoms with Crippen LogP contribution in [-0.4, -0.2) is 4.98 Å². The molecule has 0 saturated carbocycles. The fourth-order valence-electron chi connectivity index (χ4n) is 1.60. The van der Waals surface area contributed by atoms with Gasteiger partial charge in [0, 0.05) is 13.0 Å². The Balaban J connectivity index is 2.08. The van der Waals surface area contributed by atoms with Crippen LogP contribution in [0.4, 0.5) is 5.88 Å². The molecule has 18 heavy (non-hydrogen) atoms. The zero-order valence-electron chi connectivity index (χ0n) is 10.5. The van der Waals surface area contributed by atoms with Gasteiger partial charge in [0.25, 0.3) is 0 Å². The highest BCUT2D eigenvalue weighted by Crippen LogP contribution is 2.17. The molecule has 0 bridgehead atoms. The van der Waals surface area contributed by atoms with Crippen molar-refractivity contribution in [3.8, 4) is 6.07 Å². The minimum Gasteiger partial charge on any atom is -0.424 e. The molecule has 0 spiro atoms. The van der Waals surface area contributed by atoms with Gasteiger partial charge in [0.15, 0.2) is 5.89 Å². The number of oxazole rings is 1. The molecule has 0 unspecified atom stereocenters. The molecule has 92 valence electrons. The van der Waals surface area contributed by atoms with Crippen molar-refractivity contribution in [1.29, 1.82) is 5.26 Å². The first kappa shape index (κ1) is 12.2.